The number of benzene rings is 2. The maximum atomic E-state index is 13.9. The third-order valence-electron chi connectivity index (χ3n) is 4.10. The number of hydrogen-bond acceptors (Lipinski definition) is 3. The van der Waals surface area contributed by atoms with Crippen LogP contribution in [0.15, 0.2) is 79.1 Å². The molecule has 0 saturated heterocycles. The lowest BCUT2D eigenvalue weighted by molar-refractivity contribution is 0.102. The summed E-state index contributed by atoms with van der Waals surface area (Å²) in [4.78, 5) is 16.6. The quantitative estimate of drug-likeness (QED) is 0.572. The van der Waals surface area contributed by atoms with Gasteiger partial charge in [0.2, 0.25) is 0 Å². The zero-order chi connectivity index (χ0) is 19.5. The van der Waals surface area contributed by atoms with Crippen molar-refractivity contribution in [2.75, 3.05) is 5.32 Å². The van der Waals surface area contributed by atoms with Crippen LogP contribution in [-0.4, -0.2) is 20.7 Å². The number of nitrogens with zero attached hydrogens (tertiary/aromatic N) is 3. The molecule has 2 aromatic heterocycles. The molecule has 0 bridgehead atoms. The maximum absolute atomic E-state index is 13.9. The van der Waals surface area contributed by atoms with E-state index in [1.165, 1.54) is 6.07 Å². The second kappa shape index (κ2) is 7.40. The molecule has 0 unspecified atom stereocenters. The predicted octanol–water partition coefficient (Wildman–Crippen LogP) is 4.46. The summed E-state index contributed by atoms with van der Waals surface area (Å²) in [5.74, 6) is -2.18. The van der Waals surface area contributed by atoms with E-state index in [-0.39, 0.29) is 11.4 Å². The SMILES string of the molecule is O=C(Nc1ccc(F)cc1F)c1cc(-c2ccncc2)n(-c2ccccc2)n1. The van der Waals surface area contributed by atoms with Gasteiger partial charge in [-0.3, -0.25) is 9.78 Å². The Morgan fingerprint density at radius 3 is 2.39 bits per heavy atom. The fourth-order valence-corrected chi connectivity index (χ4v) is 2.76. The van der Waals surface area contributed by atoms with Gasteiger partial charge in [-0.25, -0.2) is 13.5 Å². The largest absolute Gasteiger partial charge is 0.318 e. The van der Waals surface area contributed by atoms with Gasteiger partial charge in [0.05, 0.1) is 17.1 Å². The molecule has 0 fully saturated rings. The van der Waals surface area contributed by atoms with Crippen LogP contribution in [0.1, 0.15) is 10.5 Å². The summed E-state index contributed by atoms with van der Waals surface area (Å²) in [6.07, 6.45) is 3.29. The van der Waals surface area contributed by atoms with Gasteiger partial charge >= 0.3 is 0 Å². The number of halogens is 2. The third-order valence-corrected chi connectivity index (χ3v) is 4.10. The van der Waals surface area contributed by atoms with E-state index in [1.54, 1.807) is 35.3 Å². The Hall–Kier alpha value is -3.87. The molecule has 0 aliphatic heterocycles. The highest BCUT2D eigenvalue weighted by Gasteiger charge is 2.18. The zero-order valence-corrected chi connectivity index (χ0v) is 14.5. The summed E-state index contributed by atoms with van der Waals surface area (Å²) < 4.78 is 28.5. The predicted molar refractivity (Wildman–Crippen MR) is 101 cm³/mol. The number of amides is 1. The van der Waals surface area contributed by atoms with E-state index in [1.807, 2.05) is 30.3 Å². The van der Waals surface area contributed by atoms with Crippen molar-refractivity contribution in [3.63, 3.8) is 0 Å². The molecule has 7 heteroatoms. The number of nitrogens with one attached hydrogen (secondary N) is 1. The van der Waals surface area contributed by atoms with E-state index in [0.717, 1.165) is 17.3 Å². The summed E-state index contributed by atoms with van der Waals surface area (Å²) in [6.45, 7) is 0. The monoisotopic (exact) mass is 376 g/mol. The van der Waals surface area contributed by atoms with Crippen molar-refractivity contribution in [1.29, 1.82) is 0 Å². The number of carbonyl (C=O) groups excluding carboxylic acids is 1. The van der Waals surface area contributed by atoms with E-state index < -0.39 is 17.5 Å². The minimum Gasteiger partial charge on any atom is -0.318 e. The Bertz CT molecular complexity index is 1070. The average Bonchev–Trinajstić information content (AvgIpc) is 3.17. The van der Waals surface area contributed by atoms with Gasteiger partial charge in [0.1, 0.15) is 11.6 Å². The number of hydrogen-bond donors (Lipinski definition) is 1. The first-order chi connectivity index (χ1) is 13.6. The van der Waals surface area contributed by atoms with E-state index >= 15 is 0 Å². The summed E-state index contributed by atoms with van der Waals surface area (Å²) in [7, 11) is 0. The van der Waals surface area contributed by atoms with Crippen molar-refractivity contribution >= 4 is 11.6 Å². The number of carbonyl (C=O) groups is 1. The molecule has 28 heavy (non-hydrogen) atoms. The highest BCUT2D eigenvalue weighted by Crippen LogP contribution is 2.24. The smallest absolute Gasteiger partial charge is 0.276 e. The van der Waals surface area contributed by atoms with Gasteiger partial charge in [0.15, 0.2) is 5.69 Å². The van der Waals surface area contributed by atoms with E-state index in [9.17, 15) is 13.6 Å². The van der Waals surface area contributed by atoms with Crippen molar-refractivity contribution in [1.82, 2.24) is 14.8 Å². The van der Waals surface area contributed by atoms with Crippen molar-refractivity contribution in [3.8, 4) is 16.9 Å². The van der Waals surface area contributed by atoms with Gasteiger partial charge in [-0.05, 0) is 42.5 Å². The number of pyridine rings is 1. The Morgan fingerprint density at radius 1 is 0.929 bits per heavy atom. The van der Waals surface area contributed by atoms with Crippen molar-refractivity contribution in [2.24, 2.45) is 0 Å². The summed E-state index contributed by atoms with van der Waals surface area (Å²) >= 11 is 0. The molecule has 0 aliphatic carbocycles. The standard InChI is InChI=1S/C21H14F2N4O/c22-15-6-7-18(17(23)12-15)25-21(28)19-13-20(14-8-10-24-11-9-14)27(26-19)16-4-2-1-3-5-16/h1-13H,(H,25,28). The molecule has 138 valence electrons. The fourth-order valence-electron chi connectivity index (χ4n) is 2.76. The molecule has 0 spiro atoms. The number of rotatable bonds is 4. The highest BCUT2D eigenvalue weighted by atomic mass is 19.1. The minimum absolute atomic E-state index is 0.0967. The van der Waals surface area contributed by atoms with Crippen LogP contribution in [0.2, 0.25) is 0 Å². The second-order valence-corrected chi connectivity index (χ2v) is 5.98. The molecule has 2 heterocycles. The highest BCUT2D eigenvalue weighted by molar-refractivity contribution is 6.03. The Labute approximate surface area is 159 Å². The van der Waals surface area contributed by atoms with Crippen LogP contribution in [0, 0.1) is 11.6 Å². The summed E-state index contributed by atoms with van der Waals surface area (Å²) in [6, 6.07) is 17.5. The number of aromatic nitrogens is 3. The Kier molecular flexibility index (Phi) is 4.63. The van der Waals surface area contributed by atoms with Gasteiger partial charge < -0.3 is 5.32 Å². The van der Waals surface area contributed by atoms with Crippen LogP contribution >= 0.6 is 0 Å². The lowest BCUT2D eigenvalue weighted by atomic mass is 10.2. The first kappa shape index (κ1) is 17.5. The normalized spacial score (nSPS) is 10.6. The van der Waals surface area contributed by atoms with Gasteiger partial charge in [0, 0.05) is 24.0 Å². The van der Waals surface area contributed by atoms with Crippen molar-refractivity contribution in [3.05, 3.63) is 96.5 Å². The minimum atomic E-state index is -0.856. The lowest BCUT2D eigenvalue weighted by Gasteiger charge is -2.07. The fraction of sp³-hybridized carbons (Fsp3) is 0. The Balaban J connectivity index is 1.74. The molecule has 0 saturated carbocycles. The average molecular weight is 376 g/mol. The van der Waals surface area contributed by atoms with Crippen LogP contribution in [-0.2, 0) is 0 Å². The lowest BCUT2D eigenvalue weighted by Crippen LogP contribution is -2.14. The molecule has 0 atom stereocenters. The molecular formula is C21H14F2N4O. The summed E-state index contributed by atoms with van der Waals surface area (Å²) in [5, 5.41) is 6.82. The van der Waals surface area contributed by atoms with E-state index in [4.69, 9.17) is 0 Å². The first-order valence-corrected chi connectivity index (χ1v) is 8.44. The van der Waals surface area contributed by atoms with Crippen molar-refractivity contribution in [2.45, 2.75) is 0 Å². The maximum Gasteiger partial charge on any atom is 0.276 e. The molecular weight excluding hydrogens is 362 g/mol. The van der Waals surface area contributed by atoms with Gasteiger partial charge in [-0.2, -0.15) is 5.10 Å². The Morgan fingerprint density at radius 2 is 1.68 bits per heavy atom. The van der Waals surface area contributed by atoms with Crippen LogP contribution in [0.3, 0.4) is 0 Å². The molecule has 4 rings (SSSR count). The zero-order valence-electron chi connectivity index (χ0n) is 14.5. The molecule has 2 aromatic carbocycles. The van der Waals surface area contributed by atoms with Gasteiger partial charge in [-0.1, -0.05) is 18.2 Å². The van der Waals surface area contributed by atoms with Crippen LogP contribution in [0.25, 0.3) is 16.9 Å². The number of anilines is 1. The third kappa shape index (κ3) is 3.50. The van der Waals surface area contributed by atoms with Gasteiger partial charge in [-0.15, -0.1) is 0 Å². The van der Waals surface area contributed by atoms with E-state index in [2.05, 4.69) is 15.4 Å². The molecule has 5 nitrogen and oxygen atoms in total. The van der Waals surface area contributed by atoms with Crippen LogP contribution in [0.4, 0.5) is 14.5 Å². The second-order valence-electron chi connectivity index (χ2n) is 5.98. The summed E-state index contributed by atoms with van der Waals surface area (Å²) in [5.41, 5.74) is 2.24. The van der Waals surface area contributed by atoms with Crippen LogP contribution < -0.4 is 5.32 Å². The number of para-hydroxylation sites is 1. The van der Waals surface area contributed by atoms with E-state index in [0.29, 0.717) is 11.8 Å². The first-order valence-electron chi connectivity index (χ1n) is 8.44. The van der Waals surface area contributed by atoms with Crippen molar-refractivity contribution < 1.29 is 13.6 Å². The molecule has 1 amide bonds. The molecule has 0 aliphatic rings. The molecule has 4 aromatic rings. The molecule has 1 N–H and O–H groups in total. The van der Waals surface area contributed by atoms with Crippen LogP contribution in [0.5, 0.6) is 0 Å². The van der Waals surface area contributed by atoms with Gasteiger partial charge in [0.25, 0.3) is 5.91 Å². The molecule has 0 radical (unpaired) electrons. The topological polar surface area (TPSA) is 59.8 Å².